The summed E-state index contributed by atoms with van der Waals surface area (Å²) in [4.78, 5) is 11.4. The molecule has 1 aliphatic rings. The van der Waals surface area contributed by atoms with Crippen LogP contribution in [0.5, 0.6) is 0 Å². The minimum absolute atomic E-state index is 0.179. The molecule has 0 radical (unpaired) electrons. The second kappa shape index (κ2) is 4.65. The summed E-state index contributed by atoms with van der Waals surface area (Å²) in [6.45, 7) is 1.49. The van der Waals surface area contributed by atoms with Gasteiger partial charge in [-0.1, -0.05) is 12.8 Å². The Morgan fingerprint density at radius 3 is 2.95 bits per heavy atom. The van der Waals surface area contributed by atoms with E-state index >= 15 is 0 Å². The molecule has 0 saturated heterocycles. The predicted octanol–water partition coefficient (Wildman–Crippen LogP) is 0.349. The summed E-state index contributed by atoms with van der Waals surface area (Å²) in [6, 6.07) is 3.59. The smallest absolute Gasteiger partial charge is 0.364 e. The summed E-state index contributed by atoms with van der Waals surface area (Å²) in [5.41, 5.74) is 6.27. The Kier molecular flexibility index (Phi) is 2.98. The number of nitrogens with one attached hydrogen (secondary N) is 2. The van der Waals surface area contributed by atoms with Gasteiger partial charge in [0.1, 0.15) is 5.82 Å². The lowest BCUT2D eigenvalue weighted by Crippen LogP contribution is -2.35. The molecule has 7 nitrogen and oxygen atoms in total. The van der Waals surface area contributed by atoms with Gasteiger partial charge in [0.2, 0.25) is 0 Å². The number of nitrogens with two attached hydrogens (primary N) is 1. The Hall–Kier alpha value is -1.89. The first kappa shape index (κ1) is 12.2. The van der Waals surface area contributed by atoms with Gasteiger partial charge in [-0.25, -0.2) is 9.89 Å². The first-order valence-electron chi connectivity index (χ1n) is 6.61. The van der Waals surface area contributed by atoms with E-state index in [1.807, 2.05) is 6.07 Å². The van der Waals surface area contributed by atoms with Crippen molar-refractivity contribution in [3.8, 4) is 0 Å². The lowest BCUT2D eigenvalue weighted by molar-refractivity contribution is 0.331. The number of hydrogen-bond donors (Lipinski definition) is 3. The quantitative estimate of drug-likeness (QED) is 0.738. The van der Waals surface area contributed by atoms with Crippen molar-refractivity contribution < 1.29 is 0 Å². The maximum Gasteiger partial charge on any atom is 0.364 e. The van der Waals surface area contributed by atoms with Gasteiger partial charge < -0.3 is 11.1 Å². The Labute approximate surface area is 110 Å². The highest BCUT2D eigenvalue weighted by atomic mass is 16.2. The molecule has 0 aliphatic heterocycles. The van der Waals surface area contributed by atoms with Crippen LogP contribution in [0.1, 0.15) is 25.7 Å². The molecule has 0 atom stereocenters. The third-order valence-corrected chi connectivity index (χ3v) is 4.02. The van der Waals surface area contributed by atoms with Gasteiger partial charge in [-0.05, 0) is 36.9 Å². The van der Waals surface area contributed by atoms with Crippen LogP contribution in [0, 0.1) is 5.41 Å². The summed E-state index contributed by atoms with van der Waals surface area (Å²) >= 11 is 0. The first-order chi connectivity index (χ1) is 9.22. The number of rotatable bonds is 4. The number of nitrogens with zero attached hydrogens (tertiary/aromatic N) is 3. The van der Waals surface area contributed by atoms with E-state index in [0.29, 0.717) is 18.0 Å². The van der Waals surface area contributed by atoms with Crippen LogP contribution in [0.25, 0.3) is 5.65 Å². The van der Waals surface area contributed by atoms with Crippen molar-refractivity contribution >= 4 is 11.5 Å². The van der Waals surface area contributed by atoms with Gasteiger partial charge in [0.15, 0.2) is 5.65 Å². The number of fused-ring (bicyclic) bond motifs is 1. The predicted molar refractivity (Wildman–Crippen MR) is 72.1 cm³/mol. The van der Waals surface area contributed by atoms with Gasteiger partial charge in [-0.2, -0.15) is 9.61 Å². The van der Waals surface area contributed by atoms with Gasteiger partial charge in [0.25, 0.3) is 0 Å². The highest BCUT2D eigenvalue weighted by molar-refractivity contribution is 5.43. The molecule has 0 amide bonds. The van der Waals surface area contributed by atoms with E-state index in [0.717, 1.165) is 19.4 Å². The standard InChI is InChI=1S/C12H18N6O/c13-7-12(5-1-2-6-12)8-14-9-3-4-10-15-16-11(19)18(10)17-9/h3-4H,1-2,5-8,13H2,(H,14,17)(H,16,19). The average molecular weight is 262 g/mol. The number of hydrogen-bond acceptors (Lipinski definition) is 5. The van der Waals surface area contributed by atoms with E-state index in [1.165, 1.54) is 17.4 Å². The Morgan fingerprint density at radius 1 is 1.42 bits per heavy atom. The van der Waals surface area contributed by atoms with Crippen molar-refractivity contribution in [2.75, 3.05) is 18.4 Å². The molecule has 1 fully saturated rings. The van der Waals surface area contributed by atoms with Gasteiger partial charge >= 0.3 is 5.69 Å². The van der Waals surface area contributed by atoms with Crippen molar-refractivity contribution in [2.45, 2.75) is 25.7 Å². The van der Waals surface area contributed by atoms with Gasteiger partial charge in [-0.3, -0.25) is 0 Å². The molecule has 3 rings (SSSR count). The van der Waals surface area contributed by atoms with Crippen LogP contribution in [0.4, 0.5) is 5.82 Å². The third-order valence-electron chi connectivity index (χ3n) is 4.02. The van der Waals surface area contributed by atoms with Crippen LogP contribution in [0.15, 0.2) is 16.9 Å². The molecular formula is C12H18N6O. The average Bonchev–Trinajstić information content (AvgIpc) is 3.05. The Balaban J connectivity index is 1.77. The minimum atomic E-state index is -0.326. The molecular weight excluding hydrogens is 244 g/mol. The Morgan fingerprint density at radius 2 is 2.21 bits per heavy atom. The molecule has 0 bridgehead atoms. The van der Waals surface area contributed by atoms with Gasteiger partial charge in [0.05, 0.1) is 0 Å². The van der Waals surface area contributed by atoms with Crippen molar-refractivity contribution in [3.63, 3.8) is 0 Å². The van der Waals surface area contributed by atoms with Crippen molar-refractivity contribution in [2.24, 2.45) is 11.1 Å². The van der Waals surface area contributed by atoms with Crippen LogP contribution >= 0.6 is 0 Å². The molecule has 1 aliphatic carbocycles. The molecule has 0 aromatic carbocycles. The first-order valence-corrected chi connectivity index (χ1v) is 6.61. The van der Waals surface area contributed by atoms with E-state index in [2.05, 4.69) is 20.6 Å². The van der Waals surface area contributed by atoms with Crippen molar-refractivity contribution in [1.82, 2.24) is 19.8 Å². The van der Waals surface area contributed by atoms with E-state index in [4.69, 9.17) is 5.73 Å². The molecule has 1 saturated carbocycles. The van der Waals surface area contributed by atoms with Gasteiger partial charge in [0, 0.05) is 6.54 Å². The Bertz CT molecular complexity index is 624. The fourth-order valence-electron chi connectivity index (χ4n) is 2.75. The fraction of sp³-hybridized carbons (Fsp3) is 0.583. The monoisotopic (exact) mass is 262 g/mol. The van der Waals surface area contributed by atoms with Crippen LogP contribution < -0.4 is 16.7 Å². The van der Waals surface area contributed by atoms with E-state index in [9.17, 15) is 4.79 Å². The lowest BCUT2D eigenvalue weighted by atomic mass is 9.86. The second-order valence-corrected chi connectivity index (χ2v) is 5.28. The van der Waals surface area contributed by atoms with E-state index in [1.54, 1.807) is 6.07 Å². The molecule has 2 aromatic rings. The summed E-state index contributed by atoms with van der Waals surface area (Å²) in [7, 11) is 0. The zero-order valence-electron chi connectivity index (χ0n) is 10.7. The topological polar surface area (TPSA) is 101 Å². The third kappa shape index (κ3) is 2.21. The summed E-state index contributed by atoms with van der Waals surface area (Å²) in [5, 5.41) is 13.7. The highest BCUT2D eigenvalue weighted by Crippen LogP contribution is 2.36. The second-order valence-electron chi connectivity index (χ2n) is 5.28. The van der Waals surface area contributed by atoms with Crippen LogP contribution in [-0.4, -0.2) is 32.9 Å². The van der Waals surface area contributed by atoms with E-state index in [-0.39, 0.29) is 11.1 Å². The zero-order chi connectivity index (χ0) is 13.3. The number of aromatic amines is 1. The summed E-state index contributed by atoms with van der Waals surface area (Å²) in [5.74, 6) is 0.677. The lowest BCUT2D eigenvalue weighted by Gasteiger charge is -2.27. The van der Waals surface area contributed by atoms with Crippen molar-refractivity contribution in [1.29, 1.82) is 0 Å². The van der Waals surface area contributed by atoms with Gasteiger partial charge in [-0.15, -0.1) is 5.10 Å². The molecule has 19 heavy (non-hydrogen) atoms. The largest absolute Gasteiger partial charge is 0.368 e. The molecule has 2 aromatic heterocycles. The molecule has 7 heteroatoms. The maximum absolute atomic E-state index is 11.4. The molecule has 2 heterocycles. The summed E-state index contributed by atoms with van der Waals surface area (Å²) in [6.07, 6.45) is 4.80. The fourth-order valence-corrected chi connectivity index (χ4v) is 2.75. The minimum Gasteiger partial charge on any atom is -0.368 e. The molecule has 4 N–H and O–H groups in total. The van der Waals surface area contributed by atoms with Crippen LogP contribution in [0.3, 0.4) is 0 Å². The normalized spacial score (nSPS) is 17.9. The molecule has 0 spiro atoms. The highest BCUT2D eigenvalue weighted by Gasteiger charge is 2.32. The zero-order valence-corrected chi connectivity index (χ0v) is 10.7. The summed E-state index contributed by atoms with van der Waals surface area (Å²) < 4.78 is 1.26. The van der Waals surface area contributed by atoms with Crippen molar-refractivity contribution in [3.05, 3.63) is 22.6 Å². The number of aromatic nitrogens is 4. The van der Waals surface area contributed by atoms with E-state index < -0.39 is 0 Å². The number of H-pyrrole nitrogens is 1. The molecule has 102 valence electrons. The molecule has 0 unspecified atom stereocenters. The SMILES string of the molecule is NCC1(CNc2ccc3n[nH]c(=O)n3n2)CCCC1. The number of anilines is 1. The maximum atomic E-state index is 11.4. The van der Waals surface area contributed by atoms with Crippen LogP contribution in [-0.2, 0) is 0 Å². The van der Waals surface area contributed by atoms with Crippen LogP contribution in [0.2, 0.25) is 0 Å².